The highest BCUT2D eigenvalue weighted by atomic mass is 32.3. The molecule has 0 N–H and O–H groups in total. The van der Waals surface area contributed by atoms with Crippen LogP contribution in [0.15, 0.2) is 216 Å². The summed E-state index contributed by atoms with van der Waals surface area (Å²) in [5.74, 6) is 0. The fourth-order valence-corrected chi connectivity index (χ4v) is 12.6. The number of furan rings is 2. The van der Waals surface area contributed by atoms with E-state index in [0.717, 1.165) is 60.9 Å². The van der Waals surface area contributed by atoms with Crippen molar-refractivity contribution < 1.29 is 8.83 Å². The van der Waals surface area contributed by atoms with Gasteiger partial charge in [0.15, 0.2) is 0 Å². The van der Waals surface area contributed by atoms with Gasteiger partial charge in [-0.05, 0) is 84.4 Å². The summed E-state index contributed by atoms with van der Waals surface area (Å²) in [6.45, 7) is 0. The first-order valence-electron chi connectivity index (χ1n) is 17.6. The van der Waals surface area contributed by atoms with Crippen molar-refractivity contribution in [2.24, 2.45) is 0 Å². The third kappa shape index (κ3) is 4.10. The smallest absolute Gasteiger partial charge is 0.137 e. The third-order valence-electron chi connectivity index (χ3n) is 10.5. The molecule has 4 heteroatoms. The number of nitrogens with zero attached hydrogens (tertiary/aromatic N) is 1. The Balaban J connectivity index is 1.23. The molecule has 3 heterocycles. The molecule has 3 nitrogen and oxygen atoms in total. The number of fused-ring (bicyclic) bond motifs is 9. The second kappa shape index (κ2) is 11.3. The van der Waals surface area contributed by atoms with Gasteiger partial charge in [-0.2, -0.15) is 0 Å². The fraction of sp³-hybridized carbons (Fsp3) is 0. The predicted molar refractivity (Wildman–Crippen MR) is 215 cm³/mol. The fourth-order valence-electron chi connectivity index (χ4n) is 8.32. The predicted octanol–water partition coefficient (Wildman–Crippen LogP) is 14.3. The van der Waals surface area contributed by atoms with Crippen molar-refractivity contribution in [2.75, 3.05) is 4.90 Å². The Morgan fingerprint density at radius 3 is 1.44 bits per heavy atom. The lowest BCUT2D eigenvalue weighted by Crippen LogP contribution is -2.11. The third-order valence-corrected chi connectivity index (χ3v) is 14.5. The first-order chi connectivity index (χ1) is 25.8. The van der Waals surface area contributed by atoms with Gasteiger partial charge in [0.2, 0.25) is 0 Å². The van der Waals surface area contributed by atoms with Crippen LogP contribution in [0.3, 0.4) is 0 Å². The number of hydrogen-bond donors (Lipinski definition) is 0. The molecule has 0 saturated heterocycles. The summed E-state index contributed by atoms with van der Waals surface area (Å²) in [7, 11) is -1.83. The van der Waals surface area contributed by atoms with Crippen LogP contribution in [-0.4, -0.2) is 0 Å². The van der Waals surface area contributed by atoms with Crippen LogP contribution in [0.25, 0.3) is 55.0 Å². The van der Waals surface area contributed by atoms with Gasteiger partial charge in [0.05, 0.1) is 5.69 Å². The van der Waals surface area contributed by atoms with Crippen molar-refractivity contribution in [3.8, 4) is 11.1 Å². The van der Waals surface area contributed by atoms with Gasteiger partial charge in [-0.3, -0.25) is 0 Å². The largest absolute Gasteiger partial charge is 0.456 e. The number of benzene rings is 8. The summed E-state index contributed by atoms with van der Waals surface area (Å²) in [4.78, 5) is 7.73. The molecule has 1 aliphatic heterocycles. The molecular weight excluding hydrogens is 655 g/mol. The van der Waals surface area contributed by atoms with E-state index >= 15 is 0 Å². The van der Waals surface area contributed by atoms with E-state index in [2.05, 4.69) is 169 Å². The van der Waals surface area contributed by atoms with Crippen LogP contribution >= 0.6 is 10.0 Å². The molecule has 8 aromatic carbocycles. The number of rotatable bonds is 5. The topological polar surface area (TPSA) is 29.5 Å². The Kier molecular flexibility index (Phi) is 6.34. The molecule has 246 valence electrons. The van der Waals surface area contributed by atoms with Crippen LogP contribution in [0.4, 0.5) is 17.1 Å². The molecule has 0 unspecified atom stereocenters. The lowest BCUT2D eigenvalue weighted by Gasteiger charge is -2.39. The maximum absolute atomic E-state index is 6.48. The maximum Gasteiger partial charge on any atom is 0.137 e. The Morgan fingerprint density at radius 2 is 0.846 bits per heavy atom. The quantitative estimate of drug-likeness (QED) is 0.181. The van der Waals surface area contributed by atoms with Gasteiger partial charge in [-0.1, -0.05) is 97.1 Å². The highest BCUT2D eigenvalue weighted by Gasteiger charge is 2.43. The highest BCUT2D eigenvalue weighted by Crippen LogP contribution is 2.80. The van der Waals surface area contributed by atoms with E-state index in [4.69, 9.17) is 8.83 Å². The lowest BCUT2D eigenvalue weighted by molar-refractivity contribution is 0.669. The summed E-state index contributed by atoms with van der Waals surface area (Å²) in [5, 5.41) is 4.44. The number of anilines is 3. The van der Waals surface area contributed by atoms with Crippen molar-refractivity contribution in [2.45, 2.75) is 19.6 Å². The Morgan fingerprint density at radius 1 is 0.365 bits per heavy atom. The number of para-hydroxylation sites is 2. The number of hydrogen-bond acceptors (Lipinski definition) is 3. The Labute approximate surface area is 302 Å². The van der Waals surface area contributed by atoms with E-state index in [0.29, 0.717) is 0 Å². The molecule has 0 radical (unpaired) electrons. The van der Waals surface area contributed by atoms with Crippen molar-refractivity contribution >= 4 is 71.0 Å². The molecule has 52 heavy (non-hydrogen) atoms. The molecule has 11 rings (SSSR count). The molecular formula is C48H31NO2S. The molecule has 2 aromatic heterocycles. The maximum atomic E-state index is 6.48. The Hall–Kier alpha value is -6.49. The zero-order valence-corrected chi connectivity index (χ0v) is 28.9. The molecule has 1 aliphatic rings. The first-order valence-corrected chi connectivity index (χ1v) is 19.2. The van der Waals surface area contributed by atoms with Gasteiger partial charge in [-0.25, -0.2) is 0 Å². The molecule has 0 spiro atoms. The van der Waals surface area contributed by atoms with Gasteiger partial charge in [0, 0.05) is 70.2 Å². The van der Waals surface area contributed by atoms with Crippen LogP contribution in [-0.2, 0) is 0 Å². The van der Waals surface area contributed by atoms with Gasteiger partial charge in [-0.15, -0.1) is 10.0 Å². The van der Waals surface area contributed by atoms with Crippen LogP contribution < -0.4 is 4.90 Å². The highest BCUT2D eigenvalue weighted by molar-refractivity contribution is 8.34. The monoisotopic (exact) mass is 685 g/mol. The molecule has 10 aromatic rings. The first kappa shape index (κ1) is 29.3. The van der Waals surface area contributed by atoms with Crippen LogP contribution in [0.5, 0.6) is 0 Å². The standard InChI is InChI=1S/C48H31NO2S/c1-3-14-34(15-4-1)52(35-16-5-2-6-17-35)46-24-12-9-20-40(46)48-41(21-13-25-47(48)52)49(32-26-28-38-36-18-7-10-22-42(36)50-44(38)30-32)33-27-29-39-37-19-8-11-23-43(37)51-45(39)31-33/h1-31H. The minimum absolute atomic E-state index is 0.857. The summed E-state index contributed by atoms with van der Waals surface area (Å²) in [5.41, 5.74) is 9.13. The molecule has 0 saturated carbocycles. The van der Waals surface area contributed by atoms with Crippen LogP contribution in [0.2, 0.25) is 0 Å². The minimum Gasteiger partial charge on any atom is -0.456 e. The Bertz CT molecular complexity index is 2830. The average Bonchev–Trinajstić information content (AvgIpc) is 3.87. The van der Waals surface area contributed by atoms with Gasteiger partial charge < -0.3 is 13.7 Å². The second-order valence-corrected chi connectivity index (χ2v) is 16.3. The molecule has 0 fully saturated rings. The molecule has 0 atom stereocenters. The van der Waals surface area contributed by atoms with Crippen molar-refractivity contribution in [1.82, 2.24) is 0 Å². The van der Waals surface area contributed by atoms with Crippen molar-refractivity contribution in [3.05, 3.63) is 188 Å². The van der Waals surface area contributed by atoms with Gasteiger partial charge in [0.25, 0.3) is 0 Å². The van der Waals surface area contributed by atoms with Crippen LogP contribution in [0.1, 0.15) is 0 Å². The second-order valence-electron chi connectivity index (χ2n) is 13.3. The van der Waals surface area contributed by atoms with Crippen molar-refractivity contribution in [3.63, 3.8) is 0 Å². The molecule has 0 aliphatic carbocycles. The van der Waals surface area contributed by atoms with E-state index in [1.807, 2.05) is 24.3 Å². The molecule has 0 amide bonds. The van der Waals surface area contributed by atoms with E-state index in [1.54, 1.807) is 0 Å². The van der Waals surface area contributed by atoms with E-state index in [1.165, 1.54) is 30.7 Å². The normalized spacial score (nSPS) is 13.8. The average molecular weight is 686 g/mol. The summed E-state index contributed by atoms with van der Waals surface area (Å²) in [6, 6.07) is 67.8. The minimum atomic E-state index is -1.83. The van der Waals surface area contributed by atoms with Gasteiger partial charge >= 0.3 is 0 Å². The summed E-state index contributed by atoms with van der Waals surface area (Å²) < 4.78 is 13.0. The summed E-state index contributed by atoms with van der Waals surface area (Å²) in [6.07, 6.45) is 0. The zero-order valence-electron chi connectivity index (χ0n) is 28.1. The van der Waals surface area contributed by atoms with Crippen molar-refractivity contribution in [1.29, 1.82) is 0 Å². The lowest BCUT2D eigenvalue weighted by atomic mass is 10.0. The van der Waals surface area contributed by atoms with Crippen LogP contribution in [0, 0.1) is 0 Å². The van der Waals surface area contributed by atoms with E-state index in [-0.39, 0.29) is 0 Å². The van der Waals surface area contributed by atoms with E-state index < -0.39 is 10.0 Å². The SMILES string of the molecule is c1ccc(S2(c3ccccc3)c3ccccc3-c3c(N(c4ccc5c(c4)oc4ccccc45)c4ccc5c(c4)oc4ccccc45)cccc32)cc1. The zero-order chi connectivity index (χ0) is 34.2. The summed E-state index contributed by atoms with van der Waals surface area (Å²) >= 11 is 0. The van der Waals surface area contributed by atoms with E-state index in [9.17, 15) is 0 Å². The molecule has 0 bridgehead atoms. The van der Waals surface area contributed by atoms with Gasteiger partial charge in [0.1, 0.15) is 22.3 Å².